The minimum atomic E-state index is 0.560. The molecule has 4 nitrogen and oxygen atoms in total. The van der Waals surface area contributed by atoms with Crippen LogP contribution >= 0.6 is 22.6 Å². The number of aromatic nitrogens is 2. The lowest BCUT2D eigenvalue weighted by Crippen LogP contribution is -2.10. The number of halogens is 1. The van der Waals surface area contributed by atoms with Crippen LogP contribution in [0.4, 0.5) is 5.95 Å². The Bertz CT molecular complexity index is 551. The minimum Gasteiger partial charge on any atom is -0.380 e. The molecule has 1 aromatic heterocycles. The van der Waals surface area contributed by atoms with Gasteiger partial charge in [0.15, 0.2) is 0 Å². The van der Waals surface area contributed by atoms with Crippen molar-refractivity contribution in [1.82, 2.24) is 9.55 Å². The SMILES string of the molecule is CC(C)CCOCCn1c(N)nc2cc(I)ccc21. The van der Waals surface area contributed by atoms with Crippen LogP contribution in [0.5, 0.6) is 0 Å². The van der Waals surface area contributed by atoms with Gasteiger partial charge < -0.3 is 15.0 Å². The fraction of sp³-hybridized carbons (Fsp3) is 0.500. The van der Waals surface area contributed by atoms with E-state index in [0.717, 1.165) is 30.6 Å². The third-order valence-electron chi connectivity index (χ3n) is 3.04. The van der Waals surface area contributed by atoms with Gasteiger partial charge in [0.2, 0.25) is 5.95 Å². The van der Waals surface area contributed by atoms with Gasteiger partial charge in [-0.1, -0.05) is 13.8 Å². The van der Waals surface area contributed by atoms with Gasteiger partial charge in [-0.2, -0.15) is 0 Å². The highest BCUT2D eigenvalue weighted by molar-refractivity contribution is 14.1. The molecule has 0 fully saturated rings. The Kier molecular flexibility index (Phi) is 5.04. The number of imidazole rings is 1. The van der Waals surface area contributed by atoms with Crippen LogP contribution in [0.1, 0.15) is 20.3 Å². The summed E-state index contributed by atoms with van der Waals surface area (Å²) in [4.78, 5) is 4.38. The van der Waals surface area contributed by atoms with Crippen molar-refractivity contribution in [2.45, 2.75) is 26.8 Å². The summed E-state index contributed by atoms with van der Waals surface area (Å²) >= 11 is 2.28. The first-order valence-corrected chi connectivity index (χ1v) is 7.65. The predicted molar refractivity (Wildman–Crippen MR) is 87.1 cm³/mol. The second-order valence-electron chi connectivity index (χ2n) is 5.05. The summed E-state index contributed by atoms with van der Waals surface area (Å²) in [5.74, 6) is 1.24. The van der Waals surface area contributed by atoms with E-state index in [2.05, 4.69) is 53.6 Å². The van der Waals surface area contributed by atoms with Gasteiger partial charge >= 0.3 is 0 Å². The van der Waals surface area contributed by atoms with Crippen LogP contribution in [0.3, 0.4) is 0 Å². The Balaban J connectivity index is 1.98. The molecule has 0 unspecified atom stereocenters. The molecule has 5 heteroatoms. The van der Waals surface area contributed by atoms with E-state index in [1.807, 2.05) is 10.6 Å². The molecule has 0 spiro atoms. The third kappa shape index (κ3) is 3.82. The Morgan fingerprint density at radius 1 is 1.37 bits per heavy atom. The molecule has 2 N–H and O–H groups in total. The van der Waals surface area contributed by atoms with E-state index < -0.39 is 0 Å². The van der Waals surface area contributed by atoms with Gasteiger partial charge in [-0.3, -0.25) is 0 Å². The number of ether oxygens (including phenoxy) is 1. The van der Waals surface area contributed by atoms with Crippen molar-refractivity contribution in [2.24, 2.45) is 5.92 Å². The van der Waals surface area contributed by atoms with Crippen LogP contribution in [-0.2, 0) is 11.3 Å². The molecule has 2 aromatic rings. The fourth-order valence-electron chi connectivity index (χ4n) is 1.93. The smallest absolute Gasteiger partial charge is 0.201 e. The zero-order chi connectivity index (χ0) is 13.8. The molecule has 0 saturated carbocycles. The molecule has 104 valence electrons. The number of hydrogen-bond donors (Lipinski definition) is 1. The van der Waals surface area contributed by atoms with E-state index in [9.17, 15) is 0 Å². The number of rotatable bonds is 6. The van der Waals surface area contributed by atoms with Crippen LogP contribution < -0.4 is 5.73 Å². The van der Waals surface area contributed by atoms with Crippen molar-refractivity contribution in [2.75, 3.05) is 18.9 Å². The van der Waals surface area contributed by atoms with Gasteiger partial charge in [-0.05, 0) is 53.1 Å². The van der Waals surface area contributed by atoms with Crippen molar-refractivity contribution in [3.8, 4) is 0 Å². The van der Waals surface area contributed by atoms with Gasteiger partial charge in [0.1, 0.15) is 0 Å². The maximum Gasteiger partial charge on any atom is 0.201 e. The molecule has 0 aliphatic rings. The summed E-state index contributed by atoms with van der Waals surface area (Å²) in [6, 6.07) is 6.18. The zero-order valence-corrected chi connectivity index (χ0v) is 13.6. The van der Waals surface area contributed by atoms with Crippen molar-refractivity contribution in [1.29, 1.82) is 0 Å². The monoisotopic (exact) mass is 373 g/mol. The van der Waals surface area contributed by atoms with Crippen molar-refractivity contribution in [3.63, 3.8) is 0 Å². The molecule has 0 radical (unpaired) electrons. The van der Waals surface area contributed by atoms with Crippen molar-refractivity contribution >= 4 is 39.6 Å². The highest BCUT2D eigenvalue weighted by Gasteiger charge is 2.08. The molecule has 0 aliphatic carbocycles. The van der Waals surface area contributed by atoms with E-state index >= 15 is 0 Å². The number of nitrogens with two attached hydrogens (primary N) is 1. The zero-order valence-electron chi connectivity index (χ0n) is 11.4. The van der Waals surface area contributed by atoms with Gasteiger partial charge in [0.25, 0.3) is 0 Å². The lowest BCUT2D eigenvalue weighted by atomic mass is 10.1. The largest absolute Gasteiger partial charge is 0.380 e. The Hall–Kier alpha value is -0.820. The molecule has 0 bridgehead atoms. The minimum absolute atomic E-state index is 0.560. The summed E-state index contributed by atoms with van der Waals surface area (Å²) in [5.41, 5.74) is 7.99. The molecule has 0 saturated heterocycles. The van der Waals surface area contributed by atoms with E-state index in [0.29, 0.717) is 18.5 Å². The average Bonchev–Trinajstić information content (AvgIpc) is 2.64. The number of fused-ring (bicyclic) bond motifs is 1. The summed E-state index contributed by atoms with van der Waals surface area (Å²) in [7, 11) is 0. The molecular formula is C14H20IN3O. The van der Waals surface area contributed by atoms with Crippen molar-refractivity contribution in [3.05, 3.63) is 21.8 Å². The maximum absolute atomic E-state index is 5.96. The fourth-order valence-corrected chi connectivity index (χ4v) is 2.41. The summed E-state index contributed by atoms with van der Waals surface area (Å²) in [6.07, 6.45) is 1.10. The van der Waals surface area contributed by atoms with E-state index in [-0.39, 0.29) is 0 Å². The molecule has 0 aliphatic heterocycles. The first-order valence-electron chi connectivity index (χ1n) is 6.57. The standard InChI is InChI=1S/C14H20IN3O/c1-10(2)5-7-19-8-6-18-13-4-3-11(15)9-12(13)17-14(18)16/h3-4,9-10H,5-8H2,1-2H3,(H2,16,17). The third-order valence-corrected chi connectivity index (χ3v) is 3.71. The average molecular weight is 373 g/mol. The quantitative estimate of drug-likeness (QED) is 0.625. The van der Waals surface area contributed by atoms with E-state index in [1.54, 1.807) is 0 Å². The Morgan fingerprint density at radius 2 is 2.16 bits per heavy atom. The maximum atomic E-state index is 5.96. The number of hydrogen-bond acceptors (Lipinski definition) is 3. The highest BCUT2D eigenvalue weighted by Crippen LogP contribution is 2.20. The summed E-state index contributed by atoms with van der Waals surface area (Å²) in [5, 5.41) is 0. The topological polar surface area (TPSA) is 53.1 Å². The Morgan fingerprint density at radius 3 is 2.89 bits per heavy atom. The summed E-state index contributed by atoms with van der Waals surface area (Å²) in [6.45, 7) is 6.64. The summed E-state index contributed by atoms with van der Waals surface area (Å²) < 4.78 is 8.82. The second kappa shape index (κ2) is 6.56. The number of anilines is 1. The number of nitrogen functional groups attached to an aromatic ring is 1. The lowest BCUT2D eigenvalue weighted by molar-refractivity contribution is 0.117. The molecule has 1 heterocycles. The molecule has 0 atom stereocenters. The lowest BCUT2D eigenvalue weighted by Gasteiger charge is -2.08. The first kappa shape index (κ1) is 14.6. The molecule has 19 heavy (non-hydrogen) atoms. The normalized spacial score (nSPS) is 11.6. The Labute approximate surface area is 127 Å². The van der Waals surface area contributed by atoms with Crippen LogP contribution in [0, 0.1) is 9.49 Å². The van der Waals surface area contributed by atoms with Crippen LogP contribution in [-0.4, -0.2) is 22.8 Å². The predicted octanol–water partition coefficient (Wildman–Crippen LogP) is 3.29. The van der Waals surface area contributed by atoms with E-state index in [4.69, 9.17) is 10.5 Å². The van der Waals surface area contributed by atoms with E-state index in [1.165, 1.54) is 3.57 Å². The van der Waals surface area contributed by atoms with Gasteiger partial charge in [0, 0.05) is 16.7 Å². The molecular weight excluding hydrogens is 353 g/mol. The second-order valence-corrected chi connectivity index (χ2v) is 6.30. The molecule has 1 aromatic carbocycles. The van der Waals surface area contributed by atoms with Gasteiger partial charge in [0.05, 0.1) is 17.6 Å². The highest BCUT2D eigenvalue weighted by atomic mass is 127. The van der Waals surface area contributed by atoms with Gasteiger partial charge in [-0.15, -0.1) is 0 Å². The first-order chi connectivity index (χ1) is 9.08. The van der Waals surface area contributed by atoms with Crippen LogP contribution in [0.25, 0.3) is 11.0 Å². The van der Waals surface area contributed by atoms with Gasteiger partial charge in [-0.25, -0.2) is 4.98 Å². The van der Waals surface area contributed by atoms with Crippen LogP contribution in [0.2, 0.25) is 0 Å². The van der Waals surface area contributed by atoms with Crippen LogP contribution in [0.15, 0.2) is 18.2 Å². The molecule has 2 rings (SSSR count). The van der Waals surface area contributed by atoms with Crippen molar-refractivity contribution < 1.29 is 4.74 Å². The molecule has 0 amide bonds. The number of nitrogens with zero attached hydrogens (tertiary/aromatic N) is 2. The number of benzene rings is 1.